The molecule has 3 nitrogen and oxygen atoms in total. The van der Waals surface area contributed by atoms with Crippen molar-refractivity contribution >= 4 is 17.0 Å². The fourth-order valence-electron chi connectivity index (χ4n) is 0.345. The van der Waals surface area contributed by atoms with Gasteiger partial charge in [-0.2, -0.15) is 5.10 Å². The van der Waals surface area contributed by atoms with Crippen molar-refractivity contribution in [2.45, 2.75) is 20.3 Å². The molecule has 54 valence electrons. The Hall–Kier alpha value is -0.220. The number of hydrogen-bond donors (Lipinski definition) is 2. The normalized spacial score (nSPS) is 12.0. The molecule has 4 heteroatoms. The molecule has 0 amide bonds. The van der Waals surface area contributed by atoms with Gasteiger partial charge in [0.25, 0.3) is 0 Å². The highest BCUT2D eigenvalue weighted by molar-refractivity contribution is 8.12. The summed E-state index contributed by atoms with van der Waals surface area (Å²) in [6.45, 7) is 5.00. The van der Waals surface area contributed by atoms with Gasteiger partial charge in [-0.05, 0) is 18.4 Å². The molecule has 0 unspecified atom stereocenters. The van der Waals surface area contributed by atoms with Crippen LogP contribution >= 0.6 is 11.9 Å². The zero-order chi connectivity index (χ0) is 7.11. The molecule has 0 aromatic heterocycles. The van der Waals surface area contributed by atoms with Crippen molar-refractivity contribution in [3.63, 3.8) is 0 Å². The van der Waals surface area contributed by atoms with Gasteiger partial charge < -0.3 is 5.84 Å². The molecular weight excluding hydrogens is 134 g/mol. The summed E-state index contributed by atoms with van der Waals surface area (Å²) in [5.41, 5.74) is 0. The molecule has 0 aliphatic rings. The van der Waals surface area contributed by atoms with Gasteiger partial charge >= 0.3 is 0 Å². The minimum Gasteiger partial charge on any atom is -0.322 e. The maximum atomic E-state index is 5.05. The van der Waals surface area contributed by atoms with Gasteiger partial charge in [-0.3, -0.25) is 4.72 Å². The van der Waals surface area contributed by atoms with Crippen LogP contribution in [0.2, 0.25) is 0 Å². The third-order valence-electron chi connectivity index (χ3n) is 0.781. The molecule has 0 radical (unpaired) electrons. The second-order valence-electron chi connectivity index (χ2n) is 1.48. The molecule has 9 heavy (non-hydrogen) atoms. The topological polar surface area (TPSA) is 50.4 Å². The lowest BCUT2D eigenvalue weighted by molar-refractivity contribution is 1.04. The molecule has 0 aromatic carbocycles. The van der Waals surface area contributed by atoms with Gasteiger partial charge in [0.15, 0.2) is 0 Å². The molecule has 0 bridgehead atoms. The molecule has 0 saturated carbocycles. The lowest BCUT2D eigenvalue weighted by atomic mass is 10.5. The van der Waals surface area contributed by atoms with E-state index in [1.54, 1.807) is 0 Å². The Morgan fingerprint density at radius 2 is 2.33 bits per heavy atom. The molecule has 0 spiro atoms. The monoisotopic (exact) mass is 147 g/mol. The predicted octanol–water partition coefficient (Wildman–Crippen LogP) is 0.926. The molecule has 0 fully saturated rings. The van der Waals surface area contributed by atoms with Crippen LogP contribution in [0.25, 0.3) is 0 Å². The van der Waals surface area contributed by atoms with Crippen molar-refractivity contribution < 1.29 is 0 Å². The van der Waals surface area contributed by atoms with Crippen molar-refractivity contribution in [3.8, 4) is 0 Å². The SMILES string of the molecule is CCNS/C(CC)=N\N. The molecule has 0 aliphatic heterocycles. The molecule has 0 heterocycles. The van der Waals surface area contributed by atoms with E-state index in [1.807, 2.05) is 13.8 Å². The van der Waals surface area contributed by atoms with E-state index in [4.69, 9.17) is 5.84 Å². The number of rotatable bonds is 3. The van der Waals surface area contributed by atoms with Crippen LogP contribution in [0.5, 0.6) is 0 Å². The Morgan fingerprint density at radius 1 is 1.67 bits per heavy atom. The highest BCUT2D eigenvalue weighted by Crippen LogP contribution is 1.99. The zero-order valence-corrected chi connectivity index (χ0v) is 6.66. The summed E-state index contributed by atoms with van der Waals surface area (Å²) in [5.74, 6) is 5.05. The average molecular weight is 147 g/mol. The van der Waals surface area contributed by atoms with Crippen molar-refractivity contribution in [2.24, 2.45) is 10.9 Å². The first-order valence-electron chi connectivity index (χ1n) is 3.01. The second-order valence-corrected chi connectivity index (χ2v) is 2.44. The number of nitrogens with zero attached hydrogens (tertiary/aromatic N) is 1. The molecule has 0 rings (SSSR count). The van der Waals surface area contributed by atoms with Crippen LogP contribution in [0, 0.1) is 0 Å². The van der Waals surface area contributed by atoms with Gasteiger partial charge in [0, 0.05) is 6.54 Å². The molecular formula is C5H13N3S. The van der Waals surface area contributed by atoms with Crippen molar-refractivity contribution in [1.29, 1.82) is 0 Å². The van der Waals surface area contributed by atoms with E-state index in [0.717, 1.165) is 18.0 Å². The Morgan fingerprint density at radius 3 is 2.67 bits per heavy atom. The highest BCUT2D eigenvalue weighted by atomic mass is 32.2. The van der Waals surface area contributed by atoms with Crippen LogP contribution in [0.15, 0.2) is 5.10 Å². The van der Waals surface area contributed by atoms with E-state index >= 15 is 0 Å². The summed E-state index contributed by atoms with van der Waals surface area (Å²) in [6, 6.07) is 0. The second kappa shape index (κ2) is 5.91. The summed E-state index contributed by atoms with van der Waals surface area (Å²) in [5, 5.41) is 4.50. The maximum absolute atomic E-state index is 5.05. The molecule has 0 aliphatic carbocycles. The predicted molar refractivity (Wildman–Crippen MR) is 43.2 cm³/mol. The van der Waals surface area contributed by atoms with Gasteiger partial charge in [-0.15, -0.1) is 0 Å². The lowest BCUT2D eigenvalue weighted by Crippen LogP contribution is -2.07. The number of nitrogens with two attached hydrogens (primary N) is 1. The minimum atomic E-state index is 0.897. The van der Waals surface area contributed by atoms with E-state index in [0.29, 0.717) is 0 Å². The third-order valence-corrected chi connectivity index (χ3v) is 1.84. The van der Waals surface area contributed by atoms with Gasteiger partial charge in [0.2, 0.25) is 0 Å². The Bertz CT molecular complexity index is 92.2. The van der Waals surface area contributed by atoms with E-state index in [-0.39, 0.29) is 0 Å². The largest absolute Gasteiger partial charge is 0.322 e. The zero-order valence-electron chi connectivity index (χ0n) is 5.85. The first kappa shape index (κ1) is 8.78. The minimum absolute atomic E-state index is 0.897. The van der Waals surface area contributed by atoms with Gasteiger partial charge in [0.05, 0.1) is 0 Å². The van der Waals surface area contributed by atoms with Crippen LogP contribution in [-0.4, -0.2) is 11.6 Å². The Balaban J connectivity index is 3.33. The van der Waals surface area contributed by atoms with Crippen LogP contribution in [0.3, 0.4) is 0 Å². The fraction of sp³-hybridized carbons (Fsp3) is 0.800. The number of hydrogen-bond acceptors (Lipinski definition) is 4. The van der Waals surface area contributed by atoms with Crippen molar-refractivity contribution in [2.75, 3.05) is 6.54 Å². The quantitative estimate of drug-likeness (QED) is 0.205. The van der Waals surface area contributed by atoms with E-state index in [1.165, 1.54) is 11.9 Å². The summed E-state index contributed by atoms with van der Waals surface area (Å²) >= 11 is 1.50. The average Bonchev–Trinajstić information content (AvgIpc) is 1.91. The molecule has 3 N–H and O–H groups in total. The molecule has 0 aromatic rings. The number of hydrazone groups is 1. The van der Waals surface area contributed by atoms with Crippen LogP contribution in [-0.2, 0) is 0 Å². The van der Waals surface area contributed by atoms with E-state index in [9.17, 15) is 0 Å². The standard InChI is InChI=1S/C5H13N3S/c1-3-5(8-6)9-7-4-2/h7H,3-4,6H2,1-2H3/b8-5-. The summed E-state index contributed by atoms with van der Waals surface area (Å²) in [6.07, 6.45) is 0.897. The fourth-order valence-corrected chi connectivity index (χ4v) is 0.853. The molecule has 0 saturated heterocycles. The Kier molecular flexibility index (Phi) is 5.76. The van der Waals surface area contributed by atoms with Crippen molar-refractivity contribution in [1.82, 2.24) is 4.72 Å². The third kappa shape index (κ3) is 4.29. The first-order valence-corrected chi connectivity index (χ1v) is 3.83. The number of nitrogens with one attached hydrogen (secondary N) is 1. The Labute approximate surface area is 60.2 Å². The lowest BCUT2D eigenvalue weighted by Gasteiger charge is -1.99. The van der Waals surface area contributed by atoms with Gasteiger partial charge in [-0.1, -0.05) is 13.8 Å². The summed E-state index contributed by atoms with van der Waals surface area (Å²) < 4.78 is 3.06. The van der Waals surface area contributed by atoms with Crippen LogP contribution in [0.4, 0.5) is 0 Å². The van der Waals surface area contributed by atoms with Gasteiger partial charge in [-0.25, -0.2) is 0 Å². The first-order chi connectivity index (χ1) is 4.35. The maximum Gasteiger partial charge on any atom is 0.108 e. The van der Waals surface area contributed by atoms with Crippen molar-refractivity contribution in [3.05, 3.63) is 0 Å². The van der Waals surface area contributed by atoms with Gasteiger partial charge in [0.1, 0.15) is 5.04 Å². The van der Waals surface area contributed by atoms with Crippen LogP contribution in [0.1, 0.15) is 20.3 Å². The highest BCUT2D eigenvalue weighted by Gasteiger charge is 1.92. The van der Waals surface area contributed by atoms with Crippen LogP contribution < -0.4 is 10.6 Å². The summed E-state index contributed by atoms with van der Waals surface area (Å²) in [4.78, 5) is 0. The smallest absolute Gasteiger partial charge is 0.108 e. The summed E-state index contributed by atoms with van der Waals surface area (Å²) in [7, 11) is 0. The molecule has 0 atom stereocenters. The van der Waals surface area contributed by atoms with E-state index in [2.05, 4.69) is 9.82 Å². The van der Waals surface area contributed by atoms with E-state index < -0.39 is 0 Å².